The summed E-state index contributed by atoms with van der Waals surface area (Å²) in [5.41, 5.74) is 2.04. The summed E-state index contributed by atoms with van der Waals surface area (Å²) < 4.78 is 0. The SMILES string of the molecule is CC(c1ccccc1)N(C)CC(=O)Nc1ccccc1. The van der Waals surface area contributed by atoms with E-state index in [1.165, 1.54) is 5.56 Å². The first-order valence-corrected chi connectivity index (χ1v) is 6.77. The minimum Gasteiger partial charge on any atom is -0.325 e. The maximum absolute atomic E-state index is 12.0. The Kier molecular flexibility index (Phi) is 4.91. The zero-order valence-electron chi connectivity index (χ0n) is 11.9. The second-order valence-corrected chi connectivity index (χ2v) is 4.92. The predicted octanol–water partition coefficient (Wildman–Crippen LogP) is 3.32. The molecule has 0 aromatic heterocycles. The number of likely N-dealkylation sites (N-methyl/N-ethyl adjacent to an activating group) is 1. The van der Waals surface area contributed by atoms with Gasteiger partial charge in [-0.2, -0.15) is 0 Å². The van der Waals surface area contributed by atoms with Crippen LogP contribution in [0.25, 0.3) is 0 Å². The molecule has 0 aliphatic carbocycles. The van der Waals surface area contributed by atoms with E-state index in [0.717, 1.165) is 5.69 Å². The third-order valence-electron chi connectivity index (χ3n) is 3.39. The quantitative estimate of drug-likeness (QED) is 0.902. The van der Waals surface area contributed by atoms with Crippen LogP contribution in [0.15, 0.2) is 60.7 Å². The number of nitrogens with one attached hydrogen (secondary N) is 1. The smallest absolute Gasteiger partial charge is 0.238 e. The number of anilines is 1. The highest BCUT2D eigenvalue weighted by molar-refractivity contribution is 5.92. The maximum atomic E-state index is 12.0. The number of carbonyl (C=O) groups excluding carboxylic acids is 1. The molecule has 20 heavy (non-hydrogen) atoms. The van der Waals surface area contributed by atoms with Crippen LogP contribution in [-0.2, 0) is 4.79 Å². The molecule has 1 amide bonds. The Hall–Kier alpha value is -2.13. The maximum Gasteiger partial charge on any atom is 0.238 e. The number of carbonyl (C=O) groups is 1. The van der Waals surface area contributed by atoms with Gasteiger partial charge < -0.3 is 5.32 Å². The van der Waals surface area contributed by atoms with Crippen LogP contribution in [0.1, 0.15) is 18.5 Å². The number of para-hydroxylation sites is 1. The fraction of sp³-hybridized carbons (Fsp3) is 0.235. The van der Waals surface area contributed by atoms with Gasteiger partial charge in [-0.05, 0) is 31.7 Å². The van der Waals surface area contributed by atoms with Crippen LogP contribution in [0.2, 0.25) is 0 Å². The Balaban J connectivity index is 1.91. The van der Waals surface area contributed by atoms with Crippen LogP contribution >= 0.6 is 0 Å². The Morgan fingerprint density at radius 2 is 1.60 bits per heavy atom. The van der Waals surface area contributed by atoms with E-state index in [9.17, 15) is 4.79 Å². The minimum absolute atomic E-state index is 0.00137. The van der Waals surface area contributed by atoms with Crippen molar-refractivity contribution in [1.82, 2.24) is 4.90 Å². The summed E-state index contributed by atoms with van der Waals surface area (Å²) >= 11 is 0. The standard InChI is InChI=1S/C17H20N2O/c1-14(15-9-5-3-6-10-15)19(2)13-17(20)18-16-11-7-4-8-12-16/h3-12,14H,13H2,1-2H3,(H,18,20). The van der Waals surface area contributed by atoms with Gasteiger partial charge in [0.2, 0.25) is 5.91 Å². The van der Waals surface area contributed by atoms with Gasteiger partial charge in [-0.3, -0.25) is 9.69 Å². The molecule has 1 atom stereocenters. The third kappa shape index (κ3) is 3.93. The van der Waals surface area contributed by atoms with E-state index >= 15 is 0 Å². The molecule has 3 nitrogen and oxygen atoms in total. The van der Waals surface area contributed by atoms with Crippen molar-refractivity contribution in [3.8, 4) is 0 Å². The van der Waals surface area contributed by atoms with Crippen molar-refractivity contribution in [2.75, 3.05) is 18.9 Å². The van der Waals surface area contributed by atoms with Crippen molar-refractivity contribution in [2.24, 2.45) is 0 Å². The van der Waals surface area contributed by atoms with Gasteiger partial charge in [0.25, 0.3) is 0 Å². The molecule has 0 radical (unpaired) electrons. The average molecular weight is 268 g/mol. The summed E-state index contributed by atoms with van der Waals surface area (Å²) in [7, 11) is 1.96. The average Bonchev–Trinajstić information content (AvgIpc) is 2.48. The molecule has 2 aromatic carbocycles. The number of hydrogen-bond acceptors (Lipinski definition) is 2. The number of amides is 1. The van der Waals surface area contributed by atoms with Gasteiger partial charge in [0, 0.05) is 11.7 Å². The van der Waals surface area contributed by atoms with Crippen molar-refractivity contribution >= 4 is 11.6 Å². The lowest BCUT2D eigenvalue weighted by atomic mass is 10.1. The Morgan fingerprint density at radius 1 is 1.05 bits per heavy atom. The molecule has 0 bridgehead atoms. The highest BCUT2D eigenvalue weighted by atomic mass is 16.2. The molecular weight excluding hydrogens is 248 g/mol. The summed E-state index contributed by atoms with van der Waals surface area (Å²) in [5, 5.41) is 2.90. The number of benzene rings is 2. The first-order chi connectivity index (χ1) is 9.66. The Morgan fingerprint density at radius 3 is 2.20 bits per heavy atom. The van der Waals surface area contributed by atoms with E-state index in [1.807, 2.05) is 60.5 Å². The normalized spacial score (nSPS) is 12.2. The van der Waals surface area contributed by atoms with Gasteiger partial charge >= 0.3 is 0 Å². The van der Waals surface area contributed by atoms with Crippen molar-refractivity contribution in [3.63, 3.8) is 0 Å². The highest BCUT2D eigenvalue weighted by Crippen LogP contribution is 2.17. The summed E-state index contributed by atoms with van der Waals surface area (Å²) in [4.78, 5) is 14.0. The van der Waals surface area contributed by atoms with Crippen molar-refractivity contribution in [2.45, 2.75) is 13.0 Å². The molecule has 0 saturated carbocycles. The fourth-order valence-electron chi connectivity index (χ4n) is 2.07. The van der Waals surface area contributed by atoms with E-state index in [1.54, 1.807) is 0 Å². The molecule has 0 heterocycles. The summed E-state index contributed by atoms with van der Waals surface area (Å²) in [5.74, 6) is 0.00137. The third-order valence-corrected chi connectivity index (χ3v) is 3.39. The topological polar surface area (TPSA) is 32.3 Å². The largest absolute Gasteiger partial charge is 0.325 e. The second-order valence-electron chi connectivity index (χ2n) is 4.92. The highest BCUT2D eigenvalue weighted by Gasteiger charge is 2.14. The first-order valence-electron chi connectivity index (χ1n) is 6.77. The van der Waals surface area contributed by atoms with Crippen molar-refractivity contribution in [1.29, 1.82) is 0 Å². The summed E-state index contributed by atoms with van der Waals surface area (Å²) in [6, 6.07) is 19.9. The van der Waals surface area contributed by atoms with E-state index in [4.69, 9.17) is 0 Å². The summed E-state index contributed by atoms with van der Waals surface area (Å²) in [6.07, 6.45) is 0. The molecule has 2 rings (SSSR count). The van der Waals surface area contributed by atoms with Crippen LogP contribution < -0.4 is 5.32 Å². The lowest BCUT2D eigenvalue weighted by Gasteiger charge is -2.24. The Bertz CT molecular complexity index is 539. The number of rotatable bonds is 5. The van der Waals surface area contributed by atoms with Gasteiger partial charge in [0.1, 0.15) is 0 Å². The molecule has 2 aromatic rings. The number of nitrogens with zero attached hydrogens (tertiary/aromatic N) is 1. The zero-order chi connectivity index (χ0) is 14.4. The molecule has 0 fully saturated rings. The van der Waals surface area contributed by atoms with Gasteiger partial charge in [-0.1, -0.05) is 48.5 Å². The molecule has 0 aliphatic rings. The van der Waals surface area contributed by atoms with Crippen LogP contribution in [0.3, 0.4) is 0 Å². The number of hydrogen-bond donors (Lipinski definition) is 1. The zero-order valence-corrected chi connectivity index (χ0v) is 11.9. The van der Waals surface area contributed by atoms with Gasteiger partial charge in [0.15, 0.2) is 0 Å². The van der Waals surface area contributed by atoms with Crippen molar-refractivity contribution in [3.05, 3.63) is 66.2 Å². The minimum atomic E-state index is 0.00137. The monoisotopic (exact) mass is 268 g/mol. The lowest BCUT2D eigenvalue weighted by Crippen LogP contribution is -2.32. The lowest BCUT2D eigenvalue weighted by molar-refractivity contribution is -0.117. The van der Waals surface area contributed by atoms with Gasteiger partial charge in [-0.15, -0.1) is 0 Å². The van der Waals surface area contributed by atoms with Crippen LogP contribution in [0.4, 0.5) is 5.69 Å². The van der Waals surface area contributed by atoms with E-state index in [-0.39, 0.29) is 11.9 Å². The van der Waals surface area contributed by atoms with E-state index in [2.05, 4.69) is 24.4 Å². The van der Waals surface area contributed by atoms with Crippen LogP contribution in [0.5, 0.6) is 0 Å². The summed E-state index contributed by atoms with van der Waals surface area (Å²) in [6.45, 7) is 2.47. The molecule has 0 spiro atoms. The first kappa shape index (κ1) is 14.3. The van der Waals surface area contributed by atoms with Crippen LogP contribution in [0, 0.1) is 0 Å². The van der Waals surface area contributed by atoms with Crippen LogP contribution in [-0.4, -0.2) is 24.4 Å². The molecule has 0 saturated heterocycles. The molecule has 0 aliphatic heterocycles. The van der Waals surface area contributed by atoms with Crippen molar-refractivity contribution < 1.29 is 4.79 Å². The van der Waals surface area contributed by atoms with Gasteiger partial charge in [0.05, 0.1) is 6.54 Å². The molecule has 3 heteroatoms. The Labute approximate surface area is 120 Å². The molecule has 1 N–H and O–H groups in total. The predicted molar refractivity (Wildman–Crippen MR) is 82.6 cm³/mol. The molecule has 104 valence electrons. The van der Waals surface area contributed by atoms with Gasteiger partial charge in [-0.25, -0.2) is 0 Å². The fourth-order valence-corrected chi connectivity index (χ4v) is 2.07. The van der Waals surface area contributed by atoms with E-state index < -0.39 is 0 Å². The second kappa shape index (κ2) is 6.87. The molecular formula is C17H20N2O. The van der Waals surface area contributed by atoms with E-state index in [0.29, 0.717) is 6.54 Å². The molecule has 1 unspecified atom stereocenters.